The van der Waals surface area contributed by atoms with Crippen molar-refractivity contribution in [3.05, 3.63) is 60.5 Å². The number of halogens is 1. The molecule has 2 aromatic carbocycles. The monoisotopic (exact) mass is 338 g/mol. The van der Waals surface area contributed by atoms with Gasteiger partial charge < -0.3 is 16.0 Å². The van der Waals surface area contributed by atoms with Crippen molar-refractivity contribution < 1.29 is 9.18 Å². The van der Waals surface area contributed by atoms with Gasteiger partial charge in [-0.25, -0.2) is 4.39 Å². The Balaban J connectivity index is 1.68. The van der Waals surface area contributed by atoms with Gasteiger partial charge in [0.2, 0.25) is 11.9 Å². The van der Waals surface area contributed by atoms with E-state index >= 15 is 0 Å². The minimum atomic E-state index is -0.309. The highest BCUT2D eigenvalue weighted by Gasteiger charge is 2.03. The number of amides is 1. The fraction of sp³-hybridized carbons (Fsp3) is 0.0588. The number of carbonyl (C=O) groups is 1. The molecule has 0 radical (unpaired) electrons. The molecule has 0 spiro atoms. The third kappa shape index (κ3) is 4.71. The van der Waals surface area contributed by atoms with Crippen molar-refractivity contribution >= 4 is 34.7 Å². The maximum absolute atomic E-state index is 12.9. The number of nitrogens with zero attached hydrogens (tertiary/aromatic N) is 3. The Morgan fingerprint density at radius 1 is 0.920 bits per heavy atom. The summed E-state index contributed by atoms with van der Waals surface area (Å²) in [5.41, 5.74) is 2.13. The molecule has 3 aromatic rings. The zero-order valence-electron chi connectivity index (χ0n) is 13.3. The number of rotatable bonds is 5. The number of hydrogen-bond acceptors (Lipinski definition) is 6. The molecule has 1 heterocycles. The van der Waals surface area contributed by atoms with Crippen LogP contribution in [0.2, 0.25) is 0 Å². The van der Waals surface area contributed by atoms with Crippen LogP contribution in [0.15, 0.2) is 54.7 Å². The van der Waals surface area contributed by atoms with E-state index in [4.69, 9.17) is 0 Å². The van der Waals surface area contributed by atoms with Crippen LogP contribution in [0, 0.1) is 5.82 Å². The average Bonchev–Trinajstić information content (AvgIpc) is 2.59. The molecule has 1 aromatic heterocycles. The fourth-order valence-electron chi connectivity index (χ4n) is 2.07. The molecule has 126 valence electrons. The quantitative estimate of drug-likeness (QED) is 0.660. The molecule has 0 aliphatic carbocycles. The first-order valence-corrected chi connectivity index (χ1v) is 7.45. The molecular weight excluding hydrogens is 323 g/mol. The van der Waals surface area contributed by atoms with Crippen molar-refractivity contribution in [2.75, 3.05) is 16.0 Å². The van der Waals surface area contributed by atoms with Gasteiger partial charge in [-0.2, -0.15) is 10.1 Å². The molecule has 0 fully saturated rings. The highest BCUT2D eigenvalue weighted by atomic mass is 19.1. The van der Waals surface area contributed by atoms with E-state index in [1.54, 1.807) is 36.4 Å². The van der Waals surface area contributed by atoms with E-state index in [-0.39, 0.29) is 11.7 Å². The zero-order chi connectivity index (χ0) is 17.6. The van der Waals surface area contributed by atoms with Gasteiger partial charge in [0.05, 0.1) is 6.20 Å². The number of anilines is 5. The van der Waals surface area contributed by atoms with Gasteiger partial charge in [-0.15, -0.1) is 5.10 Å². The molecule has 3 rings (SSSR count). The van der Waals surface area contributed by atoms with E-state index in [9.17, 15) is 9.18 Å². The molecule has 0 aliphatic rings. The highest BCUT2D eigenvalue weighted by molar-refractivity contribution is 5.88. The van der Waals surface area contributed by atoms with Gasteiger partial charge in [0, 0.05) is 24.0 Å². The smallest absolute Gasteiger partial charge is 0.249 e. The van der Waals surface area contributed by atoms with E-state index in [2.05, 4.69) is 31.1 Å². The Morgan fingerprint density at radius 3 is 2.20 bits per heavy atom. The number of carbonyl (C=O) groups excluding carboxylic acids is 1. The lowest BCUT2D eigenvalue weighted by molar-refractivity contribution is -0.114. The summed E-state index contributed by atoms with van der Waals surface area (Å²) in [6, 6.07) is 13.0. The van der Waals surface area contributed by atoms with Gasteiger partial charge in [0.15, 0.2) is 5.82 Å². The number of nitrogens with one attached hydrogen (secondary N) is 3. The van der Waals surface area contributed by atoms with Crippen molar-refractivity contribution in [2.45, 2.75) is 6.92 Å². The zero-order valence-corrected chi connectivity index (χ0v) is 13.3. The lowest BCUT2D eigenvalue weighted by Crippen LogP contribution is -2.05. The lowest BCUT2D eigenvalue weighted by Gasteiger charge is -2.08. The molecule has 0 saturated carbocycles. The molecule has 0 atom stereocenters. The number of benzene rings is 2. The minimum Gasteiger partial charge on any atom is -0.339 e. The first-order chi connectivity index (χ1) is 12.1. The normalized spacial score (nSPS) is 10.2. The van der Waals surface area contributed by atoms with Gasteiger partial charge in [-0.05, 0) is 48.5 Å². The third-order valence-corrected chi connectivity index (χ3v) is 3.14. The second kappa shape index (κ2) is 7.35. The van der Waals surface area contributed by atoms with Crippen LogP contribution >= 0.6 is 0 Å². The van der Waals surface area contributed by atoms with E-state index < -0.39 is 0 Å². The van der Waals surface area contributed by atoms with Crippen LogP contribution in [0.1, 0.15) is 6.92 Å². The lowest BCUT2D eigenvalue weighted by atomic mass is 10.3. The SMILES string of the molecule is CC(=O)Nc1ccc(Nc2nncc(Nc3ccc(F)cc3)n2)cc1. The van der Waals surface area contributed by atoms with Crippen LogP contribution in [0.3, 0.4) is 0 Å². The Morgan fingerprint density at radius 2 is 1.52 bits per heavy atom. The van der Waals surface area contributed by atoms with Gasteiger partial charge in [-0.3, -0.25) is 4.79 Å². The van der Waals surface area contributed by atoms with Crippen LogP contribution in [-0.2, 0) is 4.79 Å². The van der Waals surface area contributed by atoms with Crippen LogP contribution < -0.4 is 16.0 Å². The summed E-state index contributed by atoms with van der Waals surface area (Å²) in [5, 5.41) is 16.5. The Hall–Kier alpha value is -3.55. The molecule has 7 nitrogen and oxygen atoms in total. The van der Waals surface area contributed by atoms with Crippen LogP contribution in [0.4, 0.5) is 33.2 Å². The Kier molecular flexibility index (Phi) is 4.79. The molecule has 25 heavy (non-hydrogen) atoms. The molecule has 1 amide bonds. The van der Waals surface area contributed by atoms with E-state index in [1.807, 2.05) is 0 Å². The van der Waals surface area contributed by atoms with Crippen molar-refractivity contribution in [3.8, 4) is 0 Å². The molecule has 8 heteroatoms. The first-order valence-electron chi connectivity index (χ1n) is 7.45. The van der Waals surface area contributed by atoms with E-state index in [0.717, 1.165) is 5.69 Å². The van der Waals surface area contributed by atoms with Gasteiger partial charge >= 0.3 is 0 Å². The van der Waals surface area contributed by atoms with Crippen molar-refractivity contribution in [1.29, 1.82) is 0 Å². The average molecular weight is 338 g/mol. The second-order valence-electron chi connectivity index (χ2n) is 5.18. The van der Waals surface area contributed by atoms with Crippen molar-refractivity contribution in [2.24, 2.45) is 0 Å². The molecule has 0 unspecified atom stereocenters. The van der Waals surface area contributed by atoms with Crippen molar-refractivity contribution in [1.82, 2.24) is 15.2 Å². The second-order valence-corrected chi connectivity index (χ2v) is 5.18. The van der Waals surface area contributed by atoms with Gasteiger partial charge in [0.25, 0.3) is 0 Å². The largest absolute Gasteiger partial charge is 0.339 e. The molecule has 0 aliphatic heterocycles. The highest BCUT2D eigenvalue weighted by Crippen LogP contribution is 2.18. The van der Waals surface area contributed by atoms with Crippen molar-refractivity contribution in [3.63, 3.8) is 0 Å². The maximum atomic E-state index is 12.9. The maximum Gasteiger partial charge on any atom is 0.249 e. The molecule has 0 saturated heterocycles. The number of aromatic nitrogens is 3. The Bertz CT molecular complexity index is 867. The topological polar surface area (TPSA) is 91.8 Å². The standard InChI is InChI=1S/C17H15FN6O/c1-11(25)20-13-6-8-15(9-7-13)22-17-23-16(10-19-24-17)21-14-4-2-12(18)3-5-14/h2-10H,1H3,(H,20,25)(H2,21,22,23,24). The summed E-state index contributed by atoms with van der Waals surface area (Å²) in [6.07, 6.45) is 1.47. The third-order valence-electron chi connectivity index (χ3n) is 3.14. The summed E-state index contributed by atoms with van der Waals surface area (Å²) in [7, 11) is 0. The predicted octanol–water partition coefficient (Wildman–Crippen LogP) is 3.46. The van der Waals surface area contributed by atoms with Crippen LogP contribution in [-0.4, -0.2) is 21.1 Å². The fourth-order valence-corrected chi connectivity index (χ4v) is 2.07. The summed E-state index contributed by atoms with van der Waals surface area (Å²) < 4.78 is 12.9. The van der Waals surface area contributed by atoms with Gasteiger partial charge in [-0.1, -0.05) is 0 Å². The summed E-state index contributed by atoms with van der Waals surface area (Å²) in [5.74, 6) is 0.336. The van der Waals surface area contributed by atoms with E-state index in [0.29, 0.717) is 23.1 Å². The molecular formula is C17H15FN6O. The molecule has 3 N–H and O–H groups in total. The summed E-state index contributed by atoms with van der Waals surface area (Å²) in [4.78, 5) is 15.3. The number of hydrogen-bond donors (Lipinski definition) is 3. The van der Waals surface area contributed by atoms with Crippen LogP contribution in [0.25, 0.3) is 0 Å². The Labute approximate surface area is 143 Å². The van der Waals surface area contributed by atoms with E-state index in [1.165, 1.54) is 25.3 Å². The van der Waals surface area contributed by atoms with Crippen LogP contribution in [0.5, 0.6) is 0 Å². The summed E-state index contributed by atoms with van der Waals surface area (Å²) >= 11 is 0. The molecule has 0 bridgehead atoms. The first kappa shape index (κ1) is 16.3. The minimum absolute atomic E-state index is 0.132. The summed E-state index contributed by atoms with van der Waals surface area (Å²) in [6.45, 7) is 1.45. The predicted molar refractivity (Wildman–Crippen MR) is 93.5 cm³/mol. The van der Waals surface area contributed by atoms with Gasteiger partial charge in [0.1, 0.15) is 5.82 Å².